The average molecular weight is 436 g/mol. The molecule has 1 aliphatic carbocycles. The molecular weight excluding hydrogens is 413 g/mol. The molecule has 7 heteroatoms. The Hall–Kier alpha value is -2.08. The van der Waals surface area contributed by atoms with Gasteiger partial charge in [0.2, 0.25) is 0 Å². The summed E-state index contributed by atoms with van der Waals surface area (Å²) in [5.41, 5.74) is 1.37. The Labute approximate surface area is 179 Å². The van der Waals surface area contributed by atoms with E-state index in [1.807, 2.05) is 0 Å². The van der Waals surface area contributed by atoms with E-state index in [1.54, 1.807) is 12.1 Å². The molecule has 0 aliphatic heterocycles. The smallest absolute Gasteiger partial charge is 0.153 e. The standard InChI is InChI=1S/C22H23Cl2NO4/c23-18-6-14(21(28)16(8-18)12-26)10-25(20-4-2-1-3-5-20)11-15-7-19(24)9-17(13-27)22(15)29/h6-9,12-13,20,28-29H,1-5,10-11H2. The summed E-state index contributed by atoms with van der Waals surface area (Å²) in [6.45, 7) is 0.695. The number of phenols is 2. The van der Waals surface area contributed by atoms with Crippen LogP contribution in [0.1, 0.15) is 63.9 Å². The molecule has 2 aromatic rings. The van der Waals surface area contributed by atoms with Crippen molar-refractivity contribution in [3.8, 4) is 11.5 Å². The van der Waals surface area contributed by atoms with E-state index in [-0.39, 0.29) is 28.7 Å². The average Bonchev–Trinajstić information content (AvgIpc) is 2.72. The van der Waals surface area contributed by atoms with Gasteiger partial charge in [-0.25, -0.2) is 0 Å². The Bertz CT molecular complexity index is 845. The molecule has 1 aliphatic rings. The fourth-order valence-corrected chi connectivity index (χ4v) is 4.47. The fraction of sp³-hybridized carbons (Fsp3) is 0.364. The lowest BCUT2D eigenvalue weighted by Gasteiger charge is -2.35. The molecule has 2 aromatic carbocycles. The molecule has 0 atom stereocenters. The first-order valence-corrected chi connectivity index (χ1v) is 10.4. The van der Waals surface area contributed by atoms with Gasteiger partial charge in [-0.2, -0.15) is 0 Å². The van der Waals surface area contributed by atoms with E-state index in [2.05, 4.69) is 4.90 Å². The quantitative estimate of drug-likeness (QED) is 0.571. The van der Waals surface area contributed by atoms with E-state index in [1.165, 1.54) is 18.6 Å². The topological polar surface area (TPSA) is 77.8 Å². The van der Waals surface area contributed by atoms with Crippen molar-refractivity contribution in [3.63, 3.8) is 0 Å². The molecule has 1 saturated carbocycles. The zero-order valence-corrected chi connectivity index (χ0v) is 17.4. The van der Waals surface area contributed by atoms with Crippen molar-refractivity contribution in [1.29, 1.82) is 0 Å². The summed E-state index contributed by atoms with van der Waals surface area (Å²) in [5, 5.41) is 21.7. The summed E-state index contributed by atoms with van der Waals surface area (Å²) >= 11 is 12.3. The summed E-state index contributed by atoms with van der Waals surface area (Å²) in [6, 6.07) is 6.39. The van der Waals surface area contributed by atoms with Crippen molar-refractivity contribution in [2.24, 2.45) is 0 Å². The van der Waals surface area contributed by atoms with Gasteiger partial charge in [-0.1, -0.05) is 42.5 Å². The van der Waals surface area contributed by atoms with Crippen LogP contribution in [0, 0.1) is 0 Å². The number of rotatable bonds is 7. The van der Waals surface area contributed by atoms with Gasteiger partial charge in [-0.05, 0) is 37.1 Å². The molecule has 154 valence electrons. The van der Waals surface area contributed by atoms with Gasteiger partial charge >= 0.3 is 0 Å². The number of hydrogen-bond donors (Lipinski definition) is 2. The van der Waals surface area contributed by atoms with Gasteiger partial charge in [0.1, 0.15) is 11.5 Å². The highest BCUT2D eigenvalue weighted by molar-refractivity contribution is 6.31. The number of aromatic hydroxyl groups is 2. The van der Waals surface area contributed by atoms with E-state index in [0.29, 0.717) is 46.8 Å². The van der Waals surface area contributed by atoms with Gasteiger partial charge in [-0.15, -0.1) is 0 Å². The van der Waals surface area contributed by atoms with Crippen molar-refractivity contribution in [2.45, 2.75) is 51.2 Å². The van der Waals surface area contributed by atoms with Gasteiger partial charge in [0.05, 0.1) is 11.1 Å². The van der Waals surface area contributed by atoms with Crippen molar-refractivity contribution in [1.82, 2.24) is 4.90 Å². The number of hydrogen-bond acceptors (Lipinski definition) is 5. The Balaban J connectivity index is 1.96. The van der Waals surface area contributed by atoms with E-state index in [9.17, 15) is 19.8 Å². The van der Waals surface area contributed by atoms with Crippen molar-refractivity contribution < 1.29 is 19.8 Å². The van der Waals surface area contributed by atoms with Crippen LogP contribution in [0.5, 0.6) is 11.5 Å². The zero-order valence-electron chi connectivity index (χ0n) is 15.9. The third kappa shape index (κ3) is 5.10. The van der Waals surface area contributed by atoms with Crippen LogP contribution in [0.4, 0.5) is 0 Å². The van der Waals surface area contributed by atoms with Crippen LogP contribution in [-0.2, 0) is 13.1 Å². The first-order chi connectivity index (χ1) is 13.9. The van der Waals surface area contributed by atoms with Crippen LogP contribution in [0.3, 0.4) is 0 Å². The Morgan fingerprint density at radius 3 is 1.69 bits per heavy atom. The van der Waals surface area contributed by atoms with E-state index < -0.39 is 0 Å². The van der Waals surface area contributed by atoms with Gasteiger partial charge in [-0.3, -0.25) is 14.5 Å². The SMILES string of the molecule is O=Cc1cc(Cl)cc(CN(Cc2cc(Cl)cc(C=O)c2O)C2CCCCC2)c1O. The first-order valence-electron chi connectivity index (χ1n) is 9.60. The molecule has 0 saturated heterocycles. The highest BCUT2D eigenvalue weighted by Gasteiger charge is 2.24. The predicted molar refractivity (Wildman–Crippen MR) is 113 cm³/mol. The Morgan fingerprint density at radius 1 is 0.828 bits per heavy atom. The lowest BCUT2D eigenvalue weighted by atomic mass is 9.93. The minimum absolute atomic E-state index is 0.0888. The molecule has 0 unspecified atom stereocenters. The summed E-state index contributed by atoms with van der Waals surface area (Å²) < 4.78 is 0. The largest absolute Gasteiger partial charge is 0.507 e. The molecule has 29 heavy (non-hydrogen) atoms. The van der Waals surface area contributed by atoms with E-state index in [4.69, 9.17) is 23.2 Å². The minimum atomic E-state index is -0.0888. The third-order valence-corrected chi connectivity index (χ3v) is 5.89. The maximum atomic E-state index is 11.2. The number of phenolic OH excluding ortho intramolecular Hbond substituents is 2. The Kier molecular flexibility index (Phi) is 7.17. The second-order valence-corrected chi connectivity index (χ2v) is 8.31. The predicted octanol–water partition coefficient (Wildman–Crippen LogP) is 5.36. The maximum Gasteiger partial charge on any atom is 0.153 e. The highest BCUT2D eigenvalue weighted by Crippen LogP contribution is 2.33. The second kappa shape index (κ2) is 9.61. The Morgan fingerprint density at radius 2 is 1.28 bits per heavy atom. The lowest BCUT2D eigenvalue weighted by molar-refractivity contribution is 0.111. The highest BCUT2D eigenvalue weighted by atomic mass is 35.5. The number of benzene rings is 2. The van der Waals surface area contributed by atoms with Gasteiger partial charge in [0, 0.05) is 40.3 Å². The molecular formula is C22H23Cl2NO4. The second-order valence-electron chi connectivity index (χ2n) is 7.44. The monoisotopic (exact) mass is 435 g/mol. The van der Waals surface area contributed by atoms with Gasteiger partial charge in [0.15, 0.2) is 12.6 Å². The maximum absolute atomic E-state index is 11.2. The van der Waals surface area contributed by atoms with Crippen LogP contribution in [-0.4, -0.2) is 33.7 Å². The van der Waals surface area contributed by atoms with Crippen LogP contribution < -0.4 is 0 Å². The fourth-order valence-electron chi connectivity index (χ4n) is 3.98. The summed E-state index contributed by atoms with van der Waals surface area (Å²) in [6.07, 6.45) is 6.52. The van der Waals surface area contributed by atoms with Gasteiger partial charge < -0.3 is 10.2 Å². The molecule has 0 amide bonds. The summed E-state index contributed by atoms with van der Waals surface area (Å²) in [7, 11) is 0. The molecule has 0 heterocycles. The molecule has 5 nitrogen and oxygen atoms in total. The zero-order chi connectivity index (χ0) is 21.0. The normalized spacial score (nSPS) is 14.9. The molecule has 0 radical (unpaired) electrons. The van der Waals surface area contributed by atoms with Gasteiger partial charge in [0.25, 0.3) is 0 Å². The molecule has 3 rings (SSSR count). The van der Waals surface area contributed by atoms with Crippen molar-refractivity contribution >= 4 is 35.8 Å². The molecule has 0 bridgehead atoms. The summed E-state index contributed by atoms with van der Waals surface area (Å²) in [4.78, 5) is 24.6. The lowest BCUT2D eigenvalue weighted by Crippen LogP contribution is -2.36. The van der Waals surface area contributed by atoms with Crippen molar-refractivity contribution in [3.05, 3.63) is 56.6 Å². The molecule has 0 spiro atoms. The van der Waals surface area contributed by atoms with E-state index >= 15 is 0 Å². The minimum Gasteiger partial charge on any atom is -0.507 e. The van der Waals surface area contributed by atoms with Crippen LogP contribution in [0.15, 0.2) is 24.3 Å². The number of aldehydes is 2. The molecule has 2 N–H and O–H groups in total. The molecule has 0 aromatic heterocycles. The summed E-state index contributed by atoms with van der Waals surface area (Å²) in [5.74, 6) is -0.178. The number of carbonyl (C=O) groups excluding carboxylic acids is 2. The number of carbonyl (C=O) groups is 2. The van der Waals surface area contributed by atoms with Crippen molar-refractivity contribution in [2.75, 3.05) is 0 Å². The third-order valence-electron chi connectivity index (χ3n) is 5.46. The van der Waals surface area contributed by atoms with Crippen LogP contribution in [0.2, 0.25) is 10.0 Å². The molecule has 1 fully saturated rings. The van der Waals surface area contributed by atoms with E-state index in [0.717, 1.165) is 25.7 Å². The first kappa shape index (κ1) is 21.6. The van der Waals surface area contributed by atoms with Crippen LogP contribution >= 0.6 is 23.2 Å². The van der Waals surface area contributed by atoms with Crippen LogP contribution in [0.25, 0.3) is 0 Å². The number of halogens is 2. The number of nitrogens with zero attached hydrogens (tertiary/aromatic N) is 1.